The molecule has 2 heterocycles. The quantitative estimate of drug-likeness (QED) is 0.554. The second-order valence-electron chi connectivity index (χ2n) is 10.4. The van der Waals surface area contributed by atoms with Crippen molar-refractivity contribution in [2.24, 2.45) is 5.41 Å². The van der Waals surface area contributed by atoms with Crippen LogP contribution in [-0.2, 0) is 24.2 Å². The van der Waals surface area contributed by atoms with Crippen molar-refractivity contribution in [2.75, 3.05) is 37.7 Å². The third-order valence-corrected chi connectivity index (χ3v) is 10.5. The number of sulfone groups is 1. The van der Waals surface area contributed by atoms with Crippen molar-refractivity contribution in [2.45, 2.75) is 60.0 Å². The Bertz CT molecular complexity index is 1300. The summed E-state index contributed by atoms with van der Waals surface area (Å²) in [4.78, 5) is 28.8. The van der Waals surface area contributed by atoms with E-state index in [1.54, 1.807) is 6.07 Å². The van der Waals surface area contributed by atoms with Gasteiger partial charge in [0.2, 0.25) is 11.8 Å². The average Bonchev–Trinajstić information content (AvgIpc) is 3.80. The van der Waals surface area contributed by atoms with Gasteiger partial charge in [0.1, 0.15) is 17.0 Å². The van der Waals surface area contributed by atoms with Gasteiger partial charge in [-0.15, -0.1) is 0 Å². The molecule has 0 radical (unpaired) electrons. The van der Waals surface area contributed by atoms with Crippen molar-refractivity contribution >= 4 is 38.9 Å². The number of amides is 2. The van der Waals surface area contributed by atoms with Gasteiger partial charge in [-0.3, -0.25) is 9.59 Å². The number of nitrogens with zero attached hydrogens (tertiary/aromatic N) is 3. The molecule has 2 saturated heterocycles. The highest BCUT2D eigenvalue weighted by atomic mass is 35.5. The van der Waals surface area contributed by atoms with Crippen LogP contribution < -0.4 is 10.2 Å². The average molecular weight is 575 g/mol. The summed E-state index contributed by atoms with van der Waals surface area (Å²) in [5.41, 5.74) is -3.05. The van der Waals surface area contributed by atoms with E-state index < -0.39 is 75.9 Å². The molecule has 1 N–H and O–H groups in total. The number of hydrogen-bond acceptors (Lipinski definition) is 7. The molecule has 0 spiro atoms. The van der Waals surface area contributed by atoms with Gasteiger partial charge in [-0.1, -0.05) is 11.6 Å². The smallest absolute Gasteiger partial charge is 0.378 e. The van der Waals surface area contributed by atoms with Gasteiger partial charge in [-0.2, -0.15) is 18.4 Å². The van der Waals surface area contributed by atoms with Gasteiger partial charge >= 0.3 is 6.18 Å². The fourth-order valence-corrected chi connectivity index (χ4v) is 7.38. The highest BCUT2D eigenvalue weighted by molar-refractivity contribution is 7.92. The molecule has 1 aromatic carbocycles. The summed E-state index contributed by atoms with van der Waals surface area (Å²) in [6.45, 7) is 1.64. The van der Waals surface area contributed by atoms with Crippen LogP contribution in [0.2, 0.25) is 5.02 Å². The number of nitriles is 1. The summed E-state index contributed by atoms with van der Waals surface area (Å²) in [6.07, 6.45) is -5.34. The second-order valence-corrected chi connectivity index (χ2v) is 13.0. The molecule has 9 nitrogen and oxygen atoms in total. The maximum atomic E-state index is 13.8. The molecule has 0 bridgehead atoms. The predicted molar refractivity (Wildman–Crippen MR) is 129 cm³/mol. The van der Waals surface area contributed by atoms with Crippen molar-refractivity contribution in [3.8, 4) is 6.07 Å². The number of carbonyl (C=O) groups is 2. The fourth-order valence-electron chi connectivity index (χ4n) is 5.14. The summed E-state index contributed by atoms with van der Waals surface area (Å²) in [6, 6.07) is 4.95. The number of rotatable bonds is 6. The van der Waals surface area contributed by atoms with E-state index in [1.165, 1.54) is 12.1 Å². The maximum absolute atomic E-state index is 13.8. The lowest BCUT2D eigenvalue weighted by molar-refractivity contribution is -0.199. The number of nitrogens with one attached hydrogen (secondary N) is 1. The summed E-state index contributed by atoms with van der Waals surface area (Å²) in [7, 11) is -4.24. The normalized spacial score (nSPS) is 26.0. The van der Waals surface area contributed by atoms with Crippen molar-refractivity contribution in [1.82, 2.24) is 10.2 Å². The Kier molecular flexibility index (Phi) is 6.60. The van der Waals surface area contributed by atoms with Crippen molar-refractivity contribution < 1.29 is 35.9 Å². The maximum Gasteiger partial charge on any atom is 0.403 e. The molecule has 5 rings (SSSR count). The molecule has 14 heteroatoms. The zero-order chi connectivity index (χ0) is 27.5. The van der Waals surface area contributed by atoms with Gasteiger partial charge in [0, 0.05) is 25.3 Å². The molecular formula is C24H26ClF3N4O5S. The Hall–Kier alpha value is -2.56. The van der Waals surface area contributed by atoms with Crippen molar-refractivity contribution in [3.63, 3.8) is 0 Å². The van der Waals surface area contributed by atoms with E-state index in [2.05, 4.69) is 5.32 Å². The van der Waals surface area contributed by atoms with Crippen LogP contribution in [0.5, 0.6) is 0 Å². The van der Waals surface area contributed by atoms with Crippen LogP contribution in [0.25, 0.3) is 0 Å². The molecule has 4 fully saturated rings. The monoisotopic (exact) mass is 574 g/mol. The lowest BCUT2D eigenvalue weighted by Gasteiger charge is -2.29. The predicted octanol–water partition coefficient (Wildman–Crippen LogP) is 2.43. The third kappa shape index (κ3) is 4.60. The SMILES string of the molecule is N#CC1(NC(=O)C2CC(S(=O)(=O)c3ccc(N4CCOCC4)cc3Cl)CN2C(=O)C2(C(F)(F)F)CC2)CC1. The van der Waals surface area contributed by atoms with E-state index in [0.717, 1.165) is 4.90 Å². The van der Waals surface area contributed by atoms with Crippen LogP contribution >= 0.6 is 11.6 Å². The summed E-state index contributed by atoms with van der Waals surface area (Å²) in [5, 5.41) is 10.4. The Morgan fingerprint density at radius 2 is 1.82 bits per heavy atom. The highest BCUT2D eigenvalue weighted by Crippen LogP contribution is 2.59. The van der Waals surface area contributed by atoms with E-state index in [-0.39, 0.29) is 9.92 Å². The largest absolute Gasteiger partial charge is 0.403 e. The van der Waals surface area contributed by atoms with Crippen LogP contribution in [0.1, 0.15) is 32.1 Å². The molecule has 4 aliphatic rings. The number of carbonyl (C=O) groups excluding carboxylic acids is 2. The molecular weight excluding hydrogens is 549 g/mol. The standard InChI is InChI=1S/C24H26ClF3N4O5S/c25-17-11-15(31-7-9-37-10-8-31)1-2-19(17)38(35,36)16-12-18(20(33)30-22(14-29)3-4-22)32(13-16)21(34)23(5-6-23)24(26,27)28/h1-2,11,16,18H,3-10,12-13H2,(H,30,33). The molecule has 1 aromatic rings. The van der Waals surface area contributed by atoms with Crippen molar-refractivity contribution in [3.05, 3.63) is 23.2 Å². The van der Waals surface area contributed by atoms with Crippen molar-refractivity contribution in [1.29, 1.82) is 5.26 Å². The minimum atomic E-state index is -4.83. The Labute approximate surface area is 222 Å². The molecule has 2 saturated carbocycles. The van der Waals surface area contributed by atoms with E-state index in [1.807, 2.05) is 11.0 Å². The van der Waals surface area contributed by atoms with Gasteiger partial charge in [0.15, 0.2) is 9.84 Å². The molecule has 2 atom stereocenters. The van der Waals surface area contributed by atoms with Gasteiger partial charge < -0.3 is 19.9 Å². The first-order valence-corrected chi connectivity index (χ1v) is 14.2. The summed E-state index contributed by atoms with van der Waals surface area (Å²) < 4.78 is 73.9. The third-order valence-electron chi connectivity index (χ3n) is 7.89. The molecule has 206 valence electrons. The zero-order valence-electron chi connectivity index (χ0n) is 20.3. The molecule has 38 heavy (non-hydrogen) atoms. The van der Waals surface area contributed by atoms with E-state index in [9.17, 15) is 36.4 Å². The van der Waals surface area contributed by atoms with Gasteiger partial charge in [-0.05, 0) is 50.3 Å². The molecule has 2 aliphatic heterocycles. The van der Waals surface area contributed by atoms with E-state index >= 15 is 0 Å². The summed E-state index contributed by atoms with van der Waals surface area (Å²) in [5.74, 6) is -2.14. The molecule has 0 aromatic heterocycles. The number of anilines is 1. The minimum Gasteiger partial charge on any atom is -0.378 e. The first kappa shape index (κ1) is 27.0. The van der Waals surface area contributed by atoms with E-state index in [0.29, 0.717) is 44.8 Å². The first-order valence-electron chi connectivity index (χ1n) is 12.3. The lowest BCUT2D eigenvalue weighted by Crippen LogP contribution is -2.53. The second kappa shape index (κ2) is 9.27. The topological polar surface area (TPSA) is 120 Å². The molecule has 2 aliphatic carbocycles. The lowest BCUT2D eigenvalue weighted by atomic mass is 10.0. The Morgan fingerprint density at radius 3 is 2.34 bits per heavy atom. The number of halogens is 4. The Balaban J connectivity index is 1.43. The van der Waals surface area contributed by atoms with E-state index in [4.69, 9.17) is 16.3 Å². The van der Waals surface area contributed by atoms with Crippen LogP contribution in [0.4, 0.5) is 18.9 Å². The van der Waals surface area contributed by atoms with Crippen LogP contribution in [-0.4, -0.2) is 81.0 Å². The van der Waals surface area contributed by atoms with Gasteiger partial charge in [0.05, 0.1) is 34.5 Å². The minimum absolute atomic E-state index is 0.0601. The molecule has 2 unspecified atom stereocenters. The Morgan fingerprint density at radius 1 is 1.16 bits per heavy atom. The van der Waals surface area contributed by atoms with Crippen LogP contribution in [0.3, 0.4) is 0 Å². The zero-order valence-corrected chi connectivity index (χ0v) is 21.8. The number of hydrogen-bond donors (Lipinski definition) is 1. The highest BCUT2D eigenvalue weighted by Gasteiger charge is 2.70. The number of morpholine rings is 1. The number of likely N-dealkylation sites (tertiary alicyclic amines) is 1. The molecule has 2 amide bonds. The fraction of sp³-hybridized carbons (Fsp3) is 0.625. The van der Waals surface area contributed by atoms with Gasteiger partial charge in [-0.25, -0.2) is 8.42 Å². The number of alkyl halides is 3. The summed E-state index contributed by atoms with van der Waals surface area (Å²) >= 11 is 6.38. The van der Waals surface area contributed by atoms with Crippen LogP contribution in [0, 0.1) is 16.7 Å². The number of ether oxygens (including phenoxy) is 1. The van der Waals surface area contributed by atoms with Crippen LogP contribution in [0.15, 0.2) is 23.1 Å². The first-order chi connectivity index (χ1) is 17.8. The number of benzene rings is 1. The van der Waals surface area contributed by atoms with Gasteiger partial charge in [0.25, 0.3) is 0 Å².